The first-order valence-corrected chi connectivity index (χ1v) is 9.38. The second-order valence-corrected chi connectivity index (χ2v) is 7.67. The number of benzene rings is 1. The summed E-state index contributed by atoms with van der Waals surface area (Å²) >= 11 is 0. The zero-order valence-electron chi connectivity index (χ0n) is 15.2. The topological polar surface area (TPSA) is 66.9 Å². The minimum atomic E-state index is -1.24. The van der Waals surface area contributed by atoms with E-state index in [9.17, 15) is 14.4 Å². The lowest BCUT2D eigenvalue weighted by molar-refractivity contribution is -0.144. The van der Waals surface area contributed by atoms with Crippen LogP contribution in [-0.4, -0.2) is 46.3 Å². The summed E-state index contributed by atoms with van der Waals surface area (Å²) in [6.45, 7) is 3.80. The van der Waals surface area contributed by atoms with Crippen LogP contribution < -0.4 is 0 Å². The number of imide groups is 1. The van der Waals surface area contributed by atoms with E-state index in [-0.39, 0.29) is 24.5 Å². The number of nitrogens with zero attached hydrogens (tertiary/aromatic N) is 2. The van der Waals surface area contributed by atoms with Gasteiger partial charge in [0.25, 0.3) is 5.91 Å². The van der Waals surface area contributed by atoms with E-state index in [0.29, 0.717) is 12.8 Å². The van der Waals surface area contributed by atoms with Gasteiger partial charge in [0, 0.05) is 24.1 Å². The molecule has 3 aliphatic rings. The van der Waals surface area contributed by atoms with Gasteiger partial charge in [-0.1, -0.05) is 24.3 Å². The number of likely N-dealkylation sites (tertiary alicyclic amines) is 1. The van der Waals surface area contributed by atoms with Crippen molar-refractivity contribution in [3.05, 3.63) is 35.4 Å². The molecule has 2 aliphatic heterocycles. The standard InChI is InChI=1S/C20H24N2O4/c1-13-6-5-7-14(2)22(13)17(23)12-21-18(24)20(26-19(21)25)11-10-15-8-3-4-9-16(15)20/h3-4,8-9,13-14H,5-7,10-12H2,1-2H3/t13-,14-,20+/m1/s1. The first kappa shape index (κ1) is 17.1. The van der Waals surface area contributed by atoms with Gasteiger partial charge < -0.3 is 9.64 Å². The quantitative estimate of drug-likeness (QED) is 0.817. The van der Waals surface area contributed by atoms with E-state index in [0.717, 1.165) is 35.3 Å². The van der Waals surface area contributed by atoms with Crippen LogP contribution in [-0.2, 0) is 26.3 Å². The van der Waals surface area contributed by atoms with Gasteiger partial charge in [-0.05, 0) is 45.1 Å². The van der Waals surface area contributed by atoms with Crippen LogP contribution in [0.4, 0.5) is 4.79 Å². The Bertz CT molecular complexity index is 767. The van der Waals surface area contributed by atoms with Crippen LogP contribution in [0, 0.1) is 0 Å². The maximum absolute atomic E-state index is 13.1. The molecule has 0 saturated carbocycles. The lowest BCUT2D eigenvalue weighted by Gasteiger charge is -2.39. The molecule has 1 aliphatic carbocycles. The molecule has 1 aromatic carbocycles. The Morgan fingerprint density at radius 1 is 1.19 bits per heavy atom. The predicted molar refractivity (Wildman–Crippen MR) is 94.3 cm³/mol. The van der Waals surface area contributed by atoms with E-state index in [1.807, 2.05) is 43.0 Å². The molecule has 26 heavy (non-hydrogen) atoms. The summed E-state index contributed by atoms with van der Waals surface area (Å²) in [5.41, 5.74) is 0.542. The number of piperidine rings is 1. The van der Waals surface area contributed by atoms with Crippen LogP contribution in [0.25, 0.3) is 0 Å². The monoisotopic (exact) mass is 356 g/mol. The number of carbonyl (C=O) groups excluding carboxylic acids is 3. The fraction of sp³-hybridized carbons (Fsp3) is 0.550. The molecular weight excluding hydrogens is 332 g/mol. The summed E-state index contributed by atoms with van der Waals surface area (Å²) in [5.74, 6) is -0.587. The maximum atomic E-state index is 13.1. The molecule has 0 aromatic heterocycles. The van der Waals surface area contributed by atoms with Crippen LogP contribution in [0.3, 0.4) is 0 Å². The fourth-order valence-corrected chi connectivity index (χ4v) is 4.72. The molecule has 2 saturated heterocycles. The van der Waals surface area contributed by atoms with E-state index < -0.39 is 17.6 Å². The molecule has 0 radical (unpaired) electrons. The Hall–Kier alpha value is -2.37. The lowest BCUT2D eigenvalue weighted by Crippen LogP contribution is -2.52. The SMILES string of the molecule is C[C@@H]1CCC[C@@H](C)N1C(=O)CN1C(=O)O[C@]2(CCc3ccccc32)C1=O. The first-order valence-electron chi connectivity index (χ1n) is 9.38. The van der Waals surface area contributed by atoms with Crippen molar-refractivity contribution in [2.24, 2.45) is 0 Å². The molecule has 0 N–H and O–H groups in total. The number of aryl methyl sites for hydroxylation is 1. The van der Waals surface area contributed by atoms with Crippen LogP contribution >= 0.6 is 0 Å². The van der Waals surface area contributed by atoms with E-state index in [1.165, 1.54) is 0 Å². The van der Waals surface area contributed by atoms with E-state index in [1.54, 1.807) is 0 Å². The highest BCUT2D eigenvalue weighted by Gasteiger charge is 2.58. The minimum absolute atomic E-state index is 0.126. The maximum Gasteiger partial charge on any atom is 0.418 e. The molecule has 1 spiro atoms. The number of rotatable bonds is 2. The smallest absolute Gasteiger partial charge is 0.418 e. The van der Waals surface area contributed by atoms with Crippen LogP contribution in [0.2, 0.25) is 0 Å². The van der Waals surface area contributed by atoms with Gasteiger partial charge in [-0.3, -0.25) is 9.59 Å². The van der Waals surface area contributed by atoms with Gasteiger partial charge in [-0.25, -0.2) is 9.69 Å². The summed E-state index contributed by atoms with van der Waals surface area (Å²) in [4.78, 5) is 41.2. The van der Waals surface area contributed by atoms with Crippen LogP contribution in [0.1, 0.15) is 50.7 Å². The molecule has 0 bridgehead atoms. The van der Waals surface area contributed by atoms with Gasteiger partial charge >= 0.3 is 6.09 Å². The third-order valence-corrected chi connectivity index (χ3v) is 6.05. The molecule has 0 unspecified atom stereocenters. The highest BCUT2D eigenvalue weighted by molar-refractivity contribution is 6.06. The first-order chi connectivity index (χ1) is 12.4. The second-order valence-electron chi connectivity index (χ2n) is 7.67. The molecule has 6 nitrogen and oxygen atoms in total. The molecule has 3 atom stereocenters. The Balaban J connectivity index is 1.57. The van der Waals surface area contributed by atoms with Crippen molar-refractivity contribution in [2.75, 3.05) is 6.54 Å². The average molecular weight is 356 g/mol. The van der Waals surface area contributed by atoms with Gasteiger partial charge in [0.05, 0.1) is 0 Å². The van der Waals surface area contributed by atoms with Gasteiger partial charge in [0.1, 0.15) is 6.54 Å². The average Bonchev–Trinajstić information content (AvgIpc) is 3.09. The van der Waals surface area contributed by atoms with Crippen molar-refractivity contribution in [2.45, 2.75) is 63.6 Å². The lowest BCUT2D eigenvalue weighted by atomic mass is 9.95. The van der Waals surface area contributed by atoms with Gasteiger partial charge in [0.15, 0.2) is 0 Å². The normalized spacial score (nSPS) is 30.7. The van der Waals surface area contributed by atoms with Crippen molar-refractivity contribution in [3.8, 4) is 0 Å². The summed E-state index contributed by atoms with van der Waals surface area (Å²) in [7, 11) is 0. The number of carbonyl (C=O) groups is 3. The summed E-state index contributed by atoms with van der Waals surface area (Å²) in [6.07, 6.45) is 3.42. The highest BCUT2D eigenvalue weighted by atomic mass is 16.6. The van der Waals surface area contributed by atoms with Crippen molar-refractivity contribution >= 4 is 17.9 Å². The van der Waals surface area contributed by atoms with Crippen LogP contribution in [0.5, 0.6) is 0 Å². The Morgan fingerprint density at radius 2 is 1.88 bits per heavy atom. The van der Waals surface area contributed by atoms with E-state index >= 15 is 0 Å². The summed E-state index contributed by atoms with van der Waals surface area (Å²) in [5, 5.41) is 0. The number of fused-ring (bicyclic) bond motifs is 2. The number of hydrogen-bond donors (Lipinski definition) is 0. The van der Waals surface area contributed by atoms with Crippen LogP contribution in [0.15, 0.2) is 24.3 Å². The largest absolute Gasteiger partial charge is 0.427 e. The van der Waals surface area contributed by atoms with Crippen molar-refractivity contribution < 1.29 is 19.1 Å². The number of amides is 3. The Kier molecular flexibility index (Phi) is 4.01. The fourth-order valence-electron chi connectivity index (χ4n) is 4.72. The van der Waals surface area contributed by atoms with Crippen molar-refractivity contribution in [1.29, 1.82) is 0 Å². The third kappa shape index (κ3) is 2.42. The Labute approximate surface area is 153 Å². The number of hydrogen-bond acceptors (Lipinski definition) is 4. The molecule has 2 heterocycles. The molecule has 6 heteroatoms. The molecule has 2 fully saturated rings. The van der Waals surface area contributed by atoms with E-state index in [2.05, 4.69) is 0 Å². The third-order valence-electron chi connectivity index (χ3n) is 6.05. The van der Waals surface area contributed by atoms with Gasteiger partial charge in [-0.15, -0.1) is 0 Å². The zero-order chi connectivity index (χ0) is 18.5. The number of ether oxygens (including phenoxy) is 1. The molecular formula is C20H24N2O4. The second kappa shape index (κ2) is 6.11. The van der Waals surface area contributed by atoms with Crippen molar-refractivity contribution in [3.63, 3.8) is 0 Å². The molecule has 138 valence electrons. The molecule has 3 amide bonds. The van der Waals surface area contributed by atoms with Gasteiger partial charge in [-0.2, -0.15) is 0 Å². The van der Waals surface area contributed by atoms with Crippen molar-refractivity contribution in [1.82, 2.24) is 9.80 Å². The summed E-state index contributed by atoms with van der Waals surface area (Å²) < 4.78 is 5.57. The molecule has 1 aromatic rings. The van der Waals surface area contributed by atoms with E-state index in [4.69, 9.17) is 4.74 Å². The highest BCUT2D eigenvalue weighted by Crippen LogP contribution is 2.45. The minimum Gasteiger partial charge on any atom is -0.427 e. The predicted octanol–water partition coefficient (Wildman–Crippen LogP) is 2.60. The molecule has 4 rings (SSSR count). The zero-order valence-corrected chi connectivity index (χ0v) is 15.2. The van der Waals surface area contributed by atoms with Gasteiger partial charge in [0.2, 0.25) is 11.5 Å². The Morgan fingerprint density at radius 3 is 2.62 bits per heavy atom. The summed E-state index contributed by atoms with van der Waals surface area (Å²) in [6, 6.07) is 7.81.